The molecule has 1 fully saturated rings. The number of carbonyl (C=O) groups excluding carboxylic acids is 1. The number of ether oxygens (including phenoxy) is 1. The van der Waals surface area contributed by atoms with Gasteiger partial charge in [-0.2, -0.15) is 0 Å². The van der Waals surface area contributed by atoms with Crippen molar-refractivity contribution in [1.82, 2.24) is 10.3 Å². The molecular weight excluding hydrogens is 333 g/mol. The number of alkyl halides is 3. The molecule has 1 aliphatic rings. The van der Waals surface area contributed by atoms with Gasteiger partial charge in [-0.3, -0.25) is 9.78 Å². The van der Waals surface area contributed by atoms with Crippen LogP contribution in [0.5, 0.6) is 5.75 Å². The molecule has 2 aromatic rings. The molecule has 0 radical (unpaired) electrons. The van der Waals surface area contributed by atoms with E-state index in [9.17, 15) is 18.0 Å². The van der Waals surface area contributed by atoms with Crippen molar-refractivity contribution in [3.05, 3.63) is 59.9 Å². The van der Waals surface area contributed by atoms with Crippen molar-refractivity contribution in [2.75, 3.05) is 0 Å². The third-order valence-electron chi connectivity index (χ3n) is 4.36. The first-order valence-electron chi connectivity index (χ1n) is 7.87. The number of amides is 1. The molecule has 4 nitrogen and oxygen atoms in total. The first-order valence-corrected chi connectivity index (χ1v) is 7.87. The van der Waals surface area contributed by atoms with Crippen molar-refractivity contribution in [3.8, 4) is 5.75 Å². The number of aromatic nitrogens is 1. The fourth-order valence-electron chi connectivity index (χ4n) is 2.79. The van der Waals surface area contributed by atoms with Crippen LogP contribution in [-0.2, 0) is 10.2 Å². The van der Waals surface area contributed by atoms with E-state index < -0.39 is 11.8 Å². The molecule has 1 aromatic heterocycles. The van der Waals surface area contributed by atoms with Gasteiger partial charge in [0.1, 0.15) is 5.75 Å². The molecule has 1 saturated carbocycles. The summed E-state index contributed by atoms with van der Waals surface area (Å²) in [4.78, 5) is 16.7. The van der Waals surface area contributed by atoms with Crippen LogP contribution >= 0.6 is 0 Å². The maximum absolute atomic E-state index is 12.7. The first-order chi connectivity index (χ1) is 11.8. The lowest BCUT2D eigenvalue weighted by molar-refractivity contribution is -0.274. The molecule has 132 valence electrons. The summed E-state index contributed by atoms with van der Waals surface area (Å²) in [6.07, 6.45) is 0.153. The molecule has 0 unspecified atom stereocenters. The number of rotatable bonds is 5. The molecule has 0 spiro atoms. The molecule has 7 heteroatoms. The fraction of sp³-hybridized carbons (Fsp3) is 0.333. The minimum Gasteiger partial charge on any atom is -0.406 e. The Morgan fingerprint density at radius 2 is 1.92 bits per heavy atom. The molecule has 0 aliphatic heterocycles. The second-order valence-corrected chi connectivity index (χ2v) is 6.14. The highest BCUT2D eigenvalue weighted by molar-refractivity contribution is 5.91. The second-order valence-electron chi connectivity index (χ2n) is 6.14. The monoisotopic (exact) mass is 350 g/mol. The van der Waals surface area contributed by atoms with Crippen LogP contribution in [0, 0.1) is 0 Å². The summed E-state index contributed by atoms with van der Waals surface area (Å²) in [6.45, 7) is 1.79. The predicted octanol–water partition coefficient (Wildman–Crippen LogP) is 3.89. The van der Waals surface area contributed by atoms with Crippen molar-refractivity contribution < 1.29 is 22.7 Å². The van der Waals surface area contributed by atoms with Crippen LogP contribution < -0.4 is 10.1 Å². The molecule has 1 atom stereocenters. The summed E-state index contributed by atoms with van der Waals surface area (Å²) in [5.74, 6) is -0.382. The zero-order chi connectivity index (χ0) is 18.1. The zero-order valence-corrected chi connectivity index (χ0v) is 13.5. The predicted molar refractivity (Wildman–Crippen MR) is 84.8 cm³/mol. The maximum Gasteiger partial charge on any atom is 0.573 e. The molecule has 0 saturated heterocycles. The fourth-order valence-corrected chi connectivity index (χ4v) is 2.79. The number of nitrogens with one attached hydrogen (secondary N) is 1. The number of nitrogens with zero attached hydrogens (tertiary/aromatic N) is 1. The molecule has 1 N–H and O–H groups in total. The quantitative estimate of drug-likeness (QED) is 0.890. The lowest BCUT2D eigenvalue weighted by Gasteiger charge is -2.20. The van der Waals surface area contributed by atoms with Crippen LogP contribution in [0.1, 0.15) is 36.9 Å². The van der Waals surface area contributed by atoms with Crippen LogP contribution in [-0.4, -0.2) is 17.3 Å². The van der Waals surface area contributed by atoms with Crippen LogP contribution in [0.3, 0.4) is 0 Å². The SMILES string of the molecule is C[C@H](NC(=O)C1(c2cccnc2)CC1)c1ccc(OC(F)(F)F)cc1. The minimum absolute atomic E-state index is 0.0939. The van der Waals surface area contributed by atoms with Gasteiger partial charge >= 0.3 is 6.36 Å². The lowest BCUT2D eigenvalue weighted by atomic mass is 9.96. The second kappa shape index (κ2) is 6.38. The van der Waals surface area contributed by atoms with Gasteiger partial charge in [0.25, 0.3) is 0 Å². The Hall–Kier alpha value is -2.57. The maximum atomic E-state index is 12.7. The van der Waals surface area contributed by atoms with Crippen molar-refractivity contribution >= 4 is 5.91 Å². The molecule has 0 bridgehead atoms. The van der Waals surface area contributed by atoms with Gasteiger partial charge in [0.05, 0.1) is 11.5 Å². The van der Waals surface area contributed by atoms with E-state index in [2.05, 4.69) is 15.0 Å². The third-order valence-corrected chi connectivity index (χ3v) is 4.36. The van der Waals surface area contributed by atoms with Crippen LogP contribution in [0.25, 0.3) is 0 Å². The molecule has 3 rings (SSSR count). The average Bonchev–Trinajstić information content (AvgIpc) is 3.36. The van der Waals surface area contributed by atoms with E-state index in [-0.39, 0.29) is 17.7 Å². The average molecular weight is 350 g/mol. The molecule has 1 aliphatic carbocycles. The molecular formula is C18H17F3N2O2. The van der Waals surface area contributed by atoms with E-state index in [1.807, 2.05) is 6.07 Å². The number of carbonyl (C=O) groups is 1. The van der Waals surface area contributed by atoms with Gasteiger partial charge in [-0.1, -0.05) is 18.2 Å². The van der Waals surface area contributed by atoms with E-state index in [0.29, 0.717) is 5.56 Å². The Morgan fingerprint density at radius 1 is 1.24 bits per heavy atom. The number of hydrogen-bond donors (Lipinski definition) is 1. The number of pyridine rings is 1. The third kappa shape index (κ3) is 3.92. The Bertz CT molecular complexity index is 741. The van der Waals surface area contributed by atoms with Gasteiger partial charge in [-0.25, -0.2) is 0 Å². The minimum atomic E-state index is -4.72. The topological polar surface area (TPSA) is 51.2 Å². The van der Waals surface area contributed by atoms with E-state index in [1.54, 1.807) is 25.4 Å². The van der Waals surface area contributed by atoms with E-state index in [4.69, 9.17) is 0 Å². The Morgan fingerprint density at radius 3 is 2.44 bits per heavy atom. The van der Waals surface area contributed by atoms with Gasteiger partial charge < -0.3 is 10.1 Å². The molecule has 25 heavy (non-hydrogen) atoms. The highest BCUT2D eigenvalue weighted by atomic mass is 19.4. The van der Waals surface area contributed by atoms with Gasteiger partial charge in [0, 0.05) is 12.4 Å². The van der Waals surface area contributed by atoms with Crippen molar-refractivity contribution in [2.24, 2.45) is 0 Å². The van der Waals surface area contributed by atoms with Crippen molar-refractivity contribution in [3.63, 3.8) is 0 Å². The van der Waals surface area contributed by atoms with Gasteiger partial charge in [-0.05, 0) is 49.1 Å². The van der Waals surface area contributed by atoms with Crippen molar-refractivity contribution in [2.45, 2.75) is 37.6 Å². The summed E-state index contributed by atoms with van der Waals surface area (Å²) >= 11 is 0. The Kier molecular flexibility index (Phi) is 4.41. The highest BCUT2D eigenvalue weighted by Crippen LogP contribution is 2.48. The Balaban J connectivity index is 1.66. The normalized spacial score (nSPS) is 16.8. The van der Waals surface area contributed by atoms with Gasteiger partial charge in [0.2, 0.25) is 5.91 Å². The van der Waals surface area contributed by atoms with E-state index in [0.717, 1.165) is 18.4 Å². The smallest absolute Gasteiger partial charge is 0.406 e. The van der Waals surface area contributed by atoms with Crippen molar-refractivity contribution in [1.29, 1.82) is 0 Å². The summed E-state index contributed by atoms with van der Waals surface area (Å²) in [5, 5.41) is 2.94. The summed E-state index contributed by atoms with van der Waals surface area (Å²) in [7, 11) is 0. The molecule has 1 aromatic carbocycles. The number of benzene rings is 1. The number of hydrogen-bond acceptors (Lipinski definition) is 3. The summed E-state index contributed by atoms with van der Waals surface area (Å²) < 4.78 is 40.4. The number of halogens is 3. The first kappa shape index (κ1) is 17.3. The van der Waals surface area contributed by atoms with E-state index in [1.165, 1.54) is 24.3 Å². The van der Waals surface area contributed by atoms with Crippen LogP contribution in [0.15, 0.2) is 48.8 Å². The molecule has 1 amide bonds. The molecule has 1 heterocycles. The zero-order valence-electron chi connectivity index (χ0n) is 13.5. The highest BCUT2D eigenvalue weighted by Gasteiger charge is 2.51. The largest absolute Gasteiger partial charge is 0.573 e. The van der Waals surface area contributed by atoms with Crippen LogP contribution in [0.2, 0.25) is 0 Å². The van der Waals surface area contributed by atoms with Crippen LogP contribution in [0.4, 0.5) is 13.2 Å². The summed E-state index contributed by atoms with van der Waals surface area (Å²) in [5.41, 5.74) is 1.04. The van der Waals surface area contributed by atoms with E-state index >= 15 is 0 Å². The van der Waals surface area contributed by atoms with Gasteiger partial charge in [0.15, 0.2) is 0 Å². The summed E-state index contributed by atoms with van der Waals surface area (Å²) in [6, 6.07) is 8.84. The van der Waals surface area contributed by atoms with Gasteiger partial charge in [-0.15, -0.1) is 13.2 Å². The lowest BCUT2D eigenvalue weighted by Crippen LogP contribution is -2.36. The standard InChI is InChI=1S/C18H17F3N2O2/c1-12(13-4-6-15(7-5-13)25-18(19,20)21)23-16(24)17(8-9-17)14-3-2-10-22-11-14/h2-7,10-12H,8-9H2,1H3,(H,23,24)/t12-/m0/s1. The Labute approximate surface area is 143 Å².